The van der Waals surface area contributed by atoms with Crippen LogP contribution in [0.15, 0.2) is 48.8 Å². The maximum absolute atomic E-state index is 3.98. The lowest BCUT2D eigenvalue weighted by Gasteiger charge is -2.00. The maximum atomic E-state index is 3.98. The van der Waals surface area contributed by atoms with Crippen molar-refractivity contribution in [1.29, 1.82) is 0 Å². The quantitative estimate of drug-likeness (QED) is 0.638. The average Bonchev–Trinajstić information content (AvgIpc) is 2.20. The first-order valence-corrected chi connectivity index (χ1v) is 4.19. The summed E-state index contributed by atoms with van der Waals surface area (Å²) in [5.74, 6) is 0. The summed E-state index contributed by atoms with van der Waals surface area (Å²) in [6.07, 6.45) is 3.60. The van der Waals surface area contributed by atoms with Crippen LogP contribution in [0.5, 0.6) is 0 Å². The van der Waals surface area contributed by atoms with Crippen LogP contribution < -0.4 is 0 Å². The van der Waals surface area contributed by atoms with Gasteiger partial charge in [-0.15, -0.1) is 0 Å². The van der Waals surface area contributed by atoms with Gasteiger partial charge in [-0.25, -0.2) is 0 Å². The second kappa shape index (κ2) is 3.40. The fourth-order valence-corrected chi connectivity index (χ4v) is 1.24. The van der Waals surface area contributed by atoms with Crippen molar-refractivity contribution in [3.8, 4) is 11.1 Å². The lowest BCUT2D eigenvalue weighted by Crippen LogP contribution is -1.78. The fourth-order valence-electron chi connectivity index (χ4n) is 1.24. The van der Waals surface area contributed by atoms with Gasteiger partial charge in [-0.3, -0.25) is 4.98 Å². The summed E-state index contributed by atoms with van der Waals surface area (Å²) < 4.78 is 0. The predicted octanol–water partition coefficient (Wildman–Crippen LogP) is 2.93. The van der Waals surface area contributed by atoms with Crippen LogP contribution in [-0.4, -0.2) is 4.98 Å². The van der Waals surface area contributed by atoms with E-state index < -0.39 is 0 Å². The maximum Gasteiger partial charge on any atom is 0.0273 e. The van der Waals surface area contributed by atoms with Crippen LogP contribution in [0.1, 0.15) is 5.56 Å². The molecular formula is C12H10N. The molecule has 1 heterocycles. The van der Waals surface area contributed by atoms with Crippen LogP contribution in [0, 0.1) is 6.92 Å². The van der Waals surface area contributed by atoms with E-state index in [1.165, 1.54) is 11.1 Å². The molecule has 63 valence electrons. The smallest absolute Gasteiger partial charge is 0.0273 e. The number of benzene rings is 1. The van der Waals surface area contributed by atoms with Gasteiger partial charge in [-0.05, 0) is 35.7 Å². The molecule has 0 amide bonds. The molecule has 0 aliphatic carbocycles. The van der Waals surface area contributed by atoms with Gasteiger partial charge in [-0.1, -0.05) is 24.3 Å². The third-order valence-electron chi connectivity index (χ3n) is 1.97. The van der Waals surface area contributed by atoms with Gasteiger partial charge in [-0.2, -0.15) is 0 Å². The molecule has 0 atom stereocenters. The minimum atomic E-state index is 1.04. The van der Waals surface area contributed by atoms with Crippen LogP contribution in [-0.2, 0) is 0 Å². The molecule has 0 aliphatic rings. The zero-order chi connectivity index (χ0) is 9.10. The molecule has 1 heteroatoms. The van der Waals surface area contributed by atoms with Crippen molar-refractivity contribution >= 4 is 0 Å². The molecule has 1 radical (unpaired) electrons. The second-order valence-corrected chi connectivity index (χ2v) is 2.93. The van der Waals surface area contributed by atoms with E-state index in [2.05, 4.69) is 24.0 Å². The van der Waals surface area contributed by atoms with Crippen molar-refractivity contribution in [3.63, 3.8) is 0 Å². The number of aromatic nitrogens is 1. The summed E-state index contributed by atoms with van der Waals surface area (Å²) in [6, 6.07) is 12.1. The van der Waals surface area contributed by atoms with Gasteiger partial charge in [0.15, 0.2) is 0 Å². The molecule has 0 unspecified atom stereocenters. The van der Waals surface area contributed by atoms with Gasteiger partial charge < -0.3 is 0 Å². The number of nitrogens with zero attached hydrogens (tertiary/aromatic N) is 1. The molecule has 1 aromatic carbocycles. The third-order valence-corrected chi connectivity index (χ3v) is 1.97. The van der Waals surface area contributed by atoms with Crippen LogP contribution in [0.4, 0.5) is 0 Å². The lowest BCUT2D eigenvalue weighted by molar-refractivity contribution is 1.33. The van der Waals surface area contributed by atoms with Gasteiger partial charge in [0, 0.05) is 12.4 Å². The van der Waals surface area contributed by atoms with Crippen molar-refractivity contribution in [2.24, 2.45) is 0 Å². The minimum absolute atomic E-state index is 1.04. The Morgan fingerprint density at radius 2 is 1.31 bits per heavy atom. The number of hydrogen-bond donors (Lipinski definition) is 0. The molecular weight excluding hydrogens is 158 g/mol. The fraction of sp³-hybridized carbons (Fsp3) is 0. The first-order chi connectivity index (χ1) is 6.36. The highest BCUT2D eigenvalue weighted by molar-refractivity contribution is 5.62. The van der Waals surface area contributed by atoms with E-state index in [1.807, 2.05) is 24.3 Å². The van der Waals surface area contributed by atoms with Gasteiger partial charge in [0.25, 0.3) is 0 Å². The monoisotopic (exact) mass is 168 g/mol. The molecule has 1 nitrogen and oxygen atoms in total. The largest absolute Gasteiger partial charge is 0.265 e. The molecule has 2 aromatic rings. The minimum Gasteiger partial charge on any atom is -0.265 e. The van der Waals surface area contributed by atoms with E-state index in [9.17, 15) is 0 Å². The van der Waals surface area contributed by atoms with Gasteiger partial charge in [0.1, 0.15) is 0 Å². The Labute approximate surface area is 78.1 Å². The van der Waals surface area contributed by atoms with Crippen molar-refractivity contribution in [1.82, 2.24) is 4.98 Å². The van der Waals surface area contributed by atoms with Crippen LogP contribution in [0.25, 0.3) is 11.1 Å². The summed E-state index contributed by atoms with van der Waals surface area (Å²) in [7, 11) is 0. The molecule has 1 aromatic heterocycles. The lowest BCUT2D eigenvalue weighted by atomic mass is 10.1. The molecule has 0 spiro atoms. The van der Waals surface area contributed by atoms with Crippen LogP contribution in [0.3, 0.4) is 0 Å². The normalized spacial score (nSPS) is 9.92. The van der Waals surface area contributed by atoms with Crippen molar-refractivity contribution < 1.29 is 0 Å². The summed E-state index contributed by atoms with van der Waals surface area (Å²) >= 11 is 0. The van der Waals surface area contributed by atoms with Crippen molar-refractivity contribution in [2.75, 3.05) is 0 Å². The second-order valence-electron chi connectivity index (χ2n) is 2.93. The molecule has 0 saturated carbocycles. The standard InChI is InChI=1S/C12H10N/c1-10-2-4-11(5-3-10)12-6-8-13-9-7-12/h2-9H,1H2. The average molecular weight is 168 g/mol. The van der Waals surface area contributed by atoms with E-state index in [0.717, 1.165) is 5.56 Å². The van der Waals surface area contributed by atoms with Crippen LogP contribution >= 0.6 is 0 Å². The Morgan fingerprint density at radius 3 is 1.92 bits per heavy atom. The van der Waals surface area contributed by atoms with Crippen molar-refractivity contribution in [2.45, 2.75) is 0 Å². The number of pyridine rings is 1. The first kappa shape index (κ1) is 7.99. The van der Waals surface area contributed by atoms with E-state index in [1.54, 1.807) is 12.4 Å². The summed E-state index contributed by atoms with van der Waals surface area (Å²) in [4.78, 5) is 3.98. The Morgan fingerprint density at radius 1 is 0.769 bits per heavy atom. The molecule has 0 aliphatic heterocycles. The molecule has 2 rings (SSSR count). The summed E-state index contributed by atoms with van der Waals surface area (Å²) in [5, 5.41) is 0. The van der Waals surface area contributed by atoms with Gasteiger partial charge in [0.2, 0.25) is 0 Å². The Balaban J connectivity index is 2.42. The molecule has 0 bridgehead atoms. The third kappa shape index (κ3) is 1.75. The van der Waals surface area contributed by atoms with Gasteiger partial charge in [0.05, 0.1) is 0 Å². The van der Waals surface area contributed by atoms with E-state index in [4.69, 9.17) is 0 Å². The van der Waals surface area contributed by atoms with Gasteiger partial charge >= 0.3 is 0 Å². The van der Waals surface area contributed by atoms with E-state index >= 15 is 0 Å². The Kier molecular flexibility index (Phi) is 2.09. The summed E-state index contributed by atoms with van der Waals surface area (Å²) in [6.45, 7) is 3.84. The van der Waals surface area contributed by atoms with E-state index in [-0.39, 0.29) is 0 Å². The van der Waals surface area contributed by atoms with Crippen LogP contribution in [0.2, 0.25) is 0 Å². The zero-order valence-corrected chi connectivity index (χ0v) is 7.27. The van der Waals surface area contributed by atoms with Crippen molar-refractivity contribution in [3.05, 3.63) is 61.3 Å². The highest BCUT2D eigenvalue weighted by Gasteiger charge is 1.94. The number of rotatable bonds is 1. The molecule has 0 saturated heterocycles. The Bertz CT molecular complexity index is 376. The first-order valence-electron chi connectivity index (χ1n) is 4.19. The highest BCUT2D eigenvalue weighted by atomic mass is 14.6. The summed E-state index contributed by atoms with van der Waals surface area (Å²) in [5.41, 5.74) is 3.43. The van der Waals surface area contributed by atoms with E-state index in [0.29, 0.717) is 0 Å². The highest BCUT2D eigenvalue weighted by Crippen LogP contribution is 2.17. The molecule has 0 N–H and O–H groups in total. The SMILES string of the molecule is [CH2]c1ccc(-c2ccncc2)cc1. The Hall–Kier alpha value is -1.63. The zero-order valence-electron chi connectivity index (χ0n) is 7.27. The molecule has 13 heavy (non-hydrogen) atoms. The molecule has 0 fully saturated rings. The number of hydrogen-bond acceptors (Lipinski definition) is 1. The predicted molar refractivity (Wildman–Crippen MR) is 54.1 cm³/mol. The topological polar surface area (TPSA) is 12.9 Å².